The van der Waals surface area contributed by atoms with Crippen molar-refractivity contribution in [3.63, 3.8) is 0 Å². The molecule has 0 heterocycles. The van der Waals surface area contributed by atoms with Crippen molar-refractivity contribution in [3.8, 4) is 5.75 Å². The second kappa shape index (κ2) is 8.63. The summed E-state index contributed by atoms with van der Waals surface area (Å²) >= 11 is 0. The average molecular weight is 335 g/mol. The highest BCUT2D eigenvalue weighted by molar-refractivity contribution is 5.95. The van der Waals surface area contributed by atoms with E-state index in [1.165, 1.54) is 18.6 Å². The summed E-state index contributed by atoms with van der Waals surface area (Å²) in [6, 6.07) is 4.17. The molecule has 0 spiro atoms. The molecule has 132 valence electrons. The molecule has 1 atom stereocenters. The van der Waals surface area contributed by atoms with Crippen LogP contribution < -0.4 is 15.8 Å². The lowest BCUT2D eigenvalue weighted by molar-refractivity contribution is -0.385. The molecule has 1 saturated carbocycles. The van der Waals surface area contributed by atoms with Crippen molar-refractivity contribution in [3.05, 3.63) is 33.9 Å². The first kappa shape index (κ1) is 18.2. The van der Waals surface area contributed by atoms with Crippen LogP contribution in [-0.2, 0) is 0 Å². The SMILES string of the molecule is CCOc1ccc(C(=O)NC(CN)C2CCCCC2)cc1[N+](=O)[O-]. The molecule has 0 aliphatic heterocycles. The standard InChI is InChI=1S/C17H25N3O4/c1-2-24-16-9-8-13(10-15(16)20(22)23)17(21)19-14(11-18)12-6-4-3-5-7-12/h8-10,12,14H,2-7,11,18H2,1H3,(H,19,21). The van der Waals surface area contributed by atoms with Gasteiger partial charge in [0.05, 0.1) is 11.5 Å². The van der Waals surface area contributed by atoms with Crippen LogP contribution in [0.25, 0.3) is 0 Å². The van der Waals surface area contributed by atoms with Gasteiger partial charge in [-0.2, -0.15) is 0 Å². The van der Waals surface area contributed by atoms with Gasteiger partial charge < -0.3 is 15.8 Å². The summed E-state index contributed by atoms with van der Waals surface area (Å²) in [7, 11) is 0. The highest BCUT2D eigenvalue weighted by atomic mass is 16.6. The number of carbonyl (C=O) groups excluding carboxylic acids is 1. The van der Waals surface area contributed by atoms with Gasteiger partial charge in [-0.15, -0.1) is 0 Å². The number of nitro groups is 1. The number of benzene rings is 1. The molecule has 1 aromatic carbocycles. The minimum atomic E-state index is -0.538. The van der Waals surface area contributed by atoms with E-state index in [0.717, 1.165) is 25.7 Å². The smallest absolute Gasteiger partial charge is 0.311 e. The fourth-order valence-electron chi connectivity index (χ4n) is 3.24. The molecule has 0 saturated heterocycles. The minimum absolute atomic E-state index is 0.0941. The highest BCUT2D eigenvalue weighted by Gasteiger charge is 2.25. The summed E-state index contributed by atoms with van der Waals surface area (Å²) in [4.78, 5) is 23.1. The summed E-state index contributed by atoms with van der Waals surface area (Å²) in [5, 5.41) is 14.1. The Hall–Kier alpha value is -2.15. The average Bonchev–Trinajstić information content (AvgIpc) is 2.60. The quantitative estimate of drug-likeness (QED) is 0.588. The molecule has 1 aliphatic rings. The lowest BCUT2D eigenvalue weighted by atomic mass is 9.84. The number of hydrogen-bond donors (Lipinski definition) is 2. The van der Waals surface area contributed by atoms with Crippen LogP contribution in [-0.4, -0.2) is 30.0 Å². The van der Waals surface area contributed by atoms with Gasteiger partial charge in [-0.25, -0.2) is 0 Å². The van der Waals surface area contributed by atoms with Crippen LogP contribution >= 0.6 is 0 Å². The lowest BCUT2D eigenvalue weighted by Crippen LogP contribution is -2.45. The van der Waals surface area contributed by atoms with Gasteiger partial charge in [0.1, 0.15) is 0 Å². The topological polar surface area (TPSA) is 107 Å². The molecular formula is C17H25N3O4. The van der Waals surface area contributed by atoms with E-state index in [-0.39, 0.29) is 28.9 Å². The number of rotatable bonds is 7. The van der Waals surface area contributed by atoms with E-state index in [1.54, 1.807) is 13.0 Å². The van der Waals surface area contributed by atoms with Gasteiger partial charge in [0, 0.05) is 24.2 Å². The largest absolute Gasteiger partial charge is 0.487 e. The van der Waals surface area contributed by atoms with E-state index in [0.29, 0.717) is 19.1 Å². The zero-order valence-electron chi connectivity index (χ0n) is 14.0. The Morgan fingerprint density at radius 2 is 2.12 bits per heavy atom. The maximum Gasteiger partial charge on any atom is 0.311 e. The first-order chi connectivity index (χ1) is 11.6. The Labute approximate surface area is 141 Å². The first-order valence-corrected chi connectivity index (χ1v) is 8.49. The summed E-state index contributed by atoms with van der Waals surface area (Å²) in [5.41, 5.74) is 5.88. The van der Waals surface area contributed by atoms with Crippen LogP contribution in [0.4, 0.5) is 5.69 Å². The summed E-state index contributed by atoms with van der Waals surface area (Å²) in [5.74, 6) is 0.217. The van der Waals surface area contributed by atoms with E-state index in [1.807, 2.05) is 0 Å². The van der Waals surface area contributed by atoms with Crippen LogP contribution in [0.5, 0.6) is 5.75 Å². The van der Waals surface area contributed by atoms with Gasteiger partial charge in [-0.1, -0.05) is 19.3 Å². The number of nitrogens with two attached hydrogens (primary N) is 1. The molecule has 1 amide bonds. The molecule has 7 nitrogen and oxygen atoms in total. The van der Waals surface area contributed by atoms with Crippen LogP contribution in [0, 0.1) is 16.0 Å². The third-order valence-electron chi connectivity index (χ3n) is 4.51. The molecular weight excluding hydrogens is 310 g/mol. The van der Waals surface area contributed by atoms with Gasteiger partial charge in [-0.3, -0.25) is 14.9 Å². The van der Waals surface area contributed by atoms with E-state index in [4.69, 9.17) is 10.5 Å². The van der Waals surface area contributed by atoms with Crippen molar-refractivity contribution in [2.24, 2.45) is 11.7 Å². The zero-order valence-corrected chi connectivity index (χ0v) is 14.0. The van der Waals surface area contributed by atoms with Crippen LogP contribution in [0.1, 0.15) is 49.4 Å². The third-order valence-corrected chi connectivity index (χ3v) is 4.51. The lowest BCUT2D eigenvalue weighted by Gasteiger charge is -2.30. The number of nitrogens with zero attached hydrogens (tertiary/aromatic N) is 1. The van der Waals surface area contributed by atoms with Crippen molar-refractivity contribution in [2.45, 2.75) is 45.1 Å². The van der Waals surface area contributed by atoms with Crippen molar-refractivity contribution in [1.82, 2.24) is 5.32 Å². The monoisotopic (exact) mass is 335 g/mol. The van der Waals surface area contributed by atoms with E-state index < -0.39 is 4.92 Å². The molecule has 0 bridgehead atoms. The van der Waals surface area contributed by atoms with Gasteiger partial charge in [0.15, 0.2) is 5.75 Å². The fourth-order valence-corrected chi connectivity index (χ4v) is 3.24. The Morgan fingerprint density at radius 1 is 1.42 bits per heavy atom. The second-order valence-electron chi connectivity index (χ2n) is 6.09. The molecule has 0 radical (unpaired) electrons. The van der Waals surface area contributed by atoms with E-state index in [9.17, 15) is 14.9 Å². The van der Waals surface area contributed by atoms with Crippen molar-refractivity contribution in [1.29, 1.82) is 0 Å². The second-order valence-corrected chi connectivity index (χ2v) is 6.09. The number of amides is 1. The minimum Gasteiger partial charge on any atom is -0.487 e. The molecule has 24 heavy (non-hydrogen) atoms. The molecule has 1 aliphatic carbocycles. The molecule has 0 aromatic heterocycles. The molecule has 2 rings (SSSR count). The van der Waals surface area contributed by atoms with E-state index in [2.05, 4.69) is 5.32 Å². The zero-order chi connectivity index (χ0) is 17.5. The van der Waals surface area contributed by atoms with Gasteiger partial charge in [0.2, 0.25) is 0 Å². The maximum absolute atomic E-state index is 12.5. The first-order valence-electron chi connectivity index (χ1n) is 8.49. The number of nitrogens with one attached hydrogen (secondary N) is 1. The number of hydrogen-bond acceptors (Lipinski definition) is 5. The Balaban J connectivity index is 2.13. The third kappa shape index (κ3) is 4.44. The normalized spacial score (nSPS) is 16.4. The molecule has 1 unspecified atom stereocenters. The fraction of sp³-hybridized carbons (Fsp3) is 0.588. The van der Waals surface area contributed by atoms with Gasteiger partial charge >= 0.3 is 5.69 Å². The summed E-state index contributed by atoms with van der Waals surface area (Å²) in [6.07, 6.45) is 5.67. The molecule has 1 aromatic rings. The molecule has 7 heteroatoms. The Kier molecular flexibility index (Phi) is 6.54. The maximum atomic E-state index is 12.5. The predicted octanol–water partition coefficient (Wildman–Crippen LogP) is 2.63. The van der Waals surface area contributed by atoms with Gasteiger partial charge in [0.25, 0.3) is 5.91 Å². The van der Waals surface area contributed by atoms with Crippen molar-refractivity contribution < 1.29 is 14.5 Å². The number of carbonyl (C=O) groups is 1. The van der Waals surface area contributed by atoms with E-state index >= 15 is 0 Å². The van der Waals surface area contributed by atoms with Crippen molar-refractivity contribution >= 4 is 11.6 Å². The van der Waals surface area contributed by atoms with Crippen LogP contribution in [0.3, 0.4) is 0 Å². The summed E-state index contributed by atoms with van der Waals surface area (Å²) < 4.78 is 5.24. The van der Waals surface area contributed by atoms with Crippen molar-refractivity contribution in [2.75, 3.05) is 13.2 Å². The number of ether oxygens (including phenoxy) is 1. The highest BCUT2D eigenvalue weighted by Crippen LogP contribution is 2.29. The van der Waals surface area contributed by atoms with Crippen LogP contribution in [0.2, 0.25) is 0 Å². The molecule has 3 N–H and O–H groups in total. The molecule has 1 fully saturated rings. The van der Waals surface area contributed by atoms with Gasteiger partial charge in [-0.05, 0) is 37.8 Å². The Morgan fingerprint density at radius 3 is 2.71 bits per heavy atom. The Bertz CT molecular complexity index is 585. The number of nitro benzene ring substituents is 1. The summed E-state index contributed by atoms with van der Waals surface area (Å²) in [6.45, 7) is 2.44. The van der Waals surface area contributed by atoms with Crippen LogP contribution in [0.15, 0.2) is 18.2 Å². The predicted molar refractivity (Wildman–Crippen MR) is 91.1 cm³/mol.